The highest BCUT2D eigenvalue weighted by Crippen LogP contribution is 2.22. The lowest BCUT2D eigenvalue weighted by molar-refractivity contribution is 0.139. The van der Waals surface area contributed by atoms with Gasteiger partial charge in [0.1, 0.15) is 6.61 Å². The van der Waals surface area contributed by atoms with E-state index in [-0.39, 0.29) is 13.2 Å². The first-order valence-electron chi connectivity index (χ1n) is 7.10. The molecule has 23 heavy (non-hydrogen) atoms. The molecule has 0 fully saturated rings. The number of hydrogen-bond donors (Lipinski definition) is 1. The zero-order chi connectivity index (χ0) is 15.9. The molecule has 0 aliphatic carbocycles. The van der Waals surface area contributed by atoms with Crippen LogP contribution >= 0.6 is 11.3 Å². The summed E-state index contributed by atoms with van der Waals surface area (Å²) in [5.74, 6) is 0. The second-order valence-corrected chi connectivity index (χ2v) is 5.56. The van der Waals surface area contributed by atoms with E-state index in [0.29, 0.717) is 5.69 Å². The van der Waals surface area contributed by atoms with E-state index in [4.69, 9.17) is 4.74 Å². The summed E-state index contributed by atoms with van der Waals surface area (Å²) in [6, 6.07) is 11.5. The topological polar surface area (TPSA) is 64.1 Å². The quantitative estimate of drug-likeness (QED) is 0.778. The largest absolute Gasteiger partial charge is 0.445 e. The number of benzene rings is 1. The van der Waals surface area contributed by atoms with E-state index >= 15 is 0 Å². The smallest absolute Gasteiger partial charge is 0.407 e. The van der Waals surface area contributed by atoms with Crippen LogP contribution in [0.5, 0.6) is 0 Å². The molecule has 0 bridgehead atoms. The van der Waals surface area contributed by atoms with E-state index in [2.05, 4.69) is 15.3 Å². The number of alkyl carbamates (subject to hydrolysis) is 1. The molecule has 0 saturated carbocycles. The van der Waals surface area contributed by atoms with Crippen LogP contribution in [0.4, 0.5) is 4.79 Å². The third-order valence-electron chi connectivity index (χ3n) is 3.18. The van der Waals surface area contributed by atoms with Crippen molar-refractivity contribution in [2.75, 3.05) is 0 Å². The summed E-state index contributed by atoms with van der Waals surface area (Å²) in [6.07, 6.45) is 2.78. The lowest BCUT2D eigenvalue weighted by Crippen LogP contribution is -2.24. The Hall–Kier alpha value is -2.73. The van der Waals surface area contributed by atoms with Crippen LogP contribution in [0.15, 0.2) is 59.6 Å². The predicted molar refractivity (Wildman–Crippen MR) is 88.8 cm³/mol. The number of aromatic nitrogens is 2. The number of rotatable bonds is 5. The lowest BCUT2D eigenvalue weighted by Gasteiger charge is -2.09. The Morgan fingerprint density at radius 2 is 1.96 bits per heavy atom. The Labute approximate surface area is 138 Å². The first-order chi connectivity index (χ1) is 11.3. The summed E-state index contributed by atoms with van der Waals surface area (Å²) in [6.45, 7) is 0.511. The van der Waals surface area contributed by atoms with Crippen LogP contribution < -0.4 is 5.32 Å². The van der Waals surface area contributed by atoms with Crippen molar-refractivity contribution in [2.24, 2.45) is 0 Å². The van der Waals surface area contributed by atoms with E-state index < -0.39 is 6.09 Å². The van der Waals surface area contributed by atoms with Gasteiger partial charge in [-0.15, -0.1) is 0 Å². The average molecular weight is 325 g/mol. The molecule has 0 aliphatic rings. The maximum Gasteiger partial charge on any atom is 0.407 e. The Balaban J connectivity index is 1.57. The maximum absolute atomic E-state index is 11.8. The number of carbonyl (C=O) groups is 1. The van der Waals surface area contributed by atoms with Gasteiger partial charge in [-0.05, 0) is 17.0 Å². The first kappa shape index (κ1) is 15.2. The first-order valence-corrected chi connectivity index (χ1v) is 8.04. The molecule has 6 heteroatoms. The van der Waals surface area contributed by atoms with E-state index in [1.54, 1.807) is 23.7 Å². The minimum absolute atomic E-state index is 0.241. The van der Waals surface area contributed by atoms with E-state index in [0.717, 1.165) is 16.8 Å². The van der Waals surface area contributed by atoms with E-state index in [9.17, 15) is 4.79 Å². The molecule has 0 spiro atoms. The molecule has 0 unspecified atom stereocenters. The van der Waals surface area contributed by atoms with Gasteiger partial charge in [0.15, 0.2) is 0 Å². The Morgan fingerprint density at radius 1 is 1.13 bits per heavy atom. The molecule has 0 saturated heterocycles. The molecule has 3 rings (SSSR count). The number of amides is 1. The second kappa shape index (κ2) is 7.51. The molecule has 3 aromatic rings. The van der Waals surface area contributed by atoms with Gasteiger partial charge in [-0.1, -0.05) is 30.3 Å². The minimum atomic E-state index is -0.476. The Morgan fingerprint density at radius 3 is 2.74 bits per heavy atom. The SMILES string of the molecule is O=C(NCc1nccnc1-c1ccsc1)OCc1ccccc1. The zero-order valence-corrected chi connectivity index (χ0v) is 13.1. The van der Waals surface area contributed by atoms with Crippen molar-refractivity contribution in [3.05, 3.63) is 70.8 Å². The van der Waals surface area contributed by atoms with Gasteiger partial charge in [-0.3, -0.25) is 9.97 Å². The molecule has 0 atom stereocenters. The van der Waals surface area contributed by atoms with Gasteiger partial charge >= 0.3 is 6.09 Å². The third-order valence-corrected chi connectivity index (χ3v) is 3.86. The van der Waals surface area contributed by atoms with Gasteiger partial charge in [0.25, 0.3) is 0 Å². The van der Waals surface area contributed by atoms with Crippen molar-refractivity contribution >= 4 is 17.4 Å². The van der Waals surface area contributed by atoms with Crippen LogP contribution in [-0.2, 0) is 17.9 Å². The molecule has 0 radical (unpaired) electrons. The molecule has 116 valence electrons. The van der Waals surface area contributed by atoms with Crippen molar-refractivity contribution < 1.29 is 9.53 Å². The van der Waals surface area contributed by atoms with Crippen molar-refractivity contribution in [3.63, 3.8) is 0 Å². The fourth-order valence-electron chi connectivity index (χ4n) is 2.07. The highest BCUT2D eigenvalue weighted by Gasteiger charge is 2.10. The summed E-state index contributed by atoms with van der Waals surface area (Å²) in [4.78, 5) is 20.4. The van der Waals surface area contributed by atoms with Crippen LogP contribution in [0.2, 0.25) is 0 Å². The Kier molecular flexibility index (Phi) is 4.95. The minimum Gasteiger partial charge on any atom is -0.445 e. The normalized spacial score (nSPS) is 10.3. The van der Waals surface area contributed by atoms with Crippen molar-refractivity contribution in [1.82, 2.24) is 15.3 Å². The standard InChI is InChI=1S/C17H15N3O2S/c21-17(22-11-13-4-2-1-3-5-13)20-10-15-16(19-8-7-18-15)14-6-9-23-12-14/h1-9,12H,10-11H2,(H,20,21). The number of thiophene rings is 1. The lowest BCUT2D eigenvalue weighted by atomic mass is 10.2. The average Bonchev–Trinajstić information content (AvgIpc) is 3.14. The van der Waals surface area contributed by atoms with Gasteiger partial charge < -0.3 is 10.1 Å². The monoisotopic (exact) mass is 325 g/mol. The molecule has 1 N–H and O–H groups in total. The molecule has 1 aromatic carbocycles. The van der Waals surface area contributed by atoms with Crippen LogP contribution in [0.25, 0.3) is 11.3 Å². The molecule has 1 amide bonds. The number of hydrogen-bond acceptors (Lipinski definition) is 5. The molecule has 2 aromatic heterocycles. The fourth-order valence-corrected chi connectivity index (χ4v) is 2.71. The van der Waals surface area contributed by atoms with Crippen LogP contribution in [-0.4, -0.2) is 16.1 Å². The fraction of sp³-hybridized carbons (Fsp3) is 0.118. The van der Waals surface area contributed by atoms with Gasteiger partial charge in [-0.2, -0.15) is 11.3 Å². The van der Waals surface area contributed by atoms with Crippen LogP contribution in [0, 0.1) is 0 Å². The highest BCUT2D eigenvalue weighted by molar-refractivity contribution is 7.08. The van der Waals surface area contributed by atoms with Crippen LogP contribution in [0.1, 0.15) is 11.3 Å². The maximum atomic E-state index is 11.8. The summed E-state index contributed by atoms with van der Waals surface area (Å²) >= 11 is 1.59. The Bertz CT molecular complexity index is 761. The van der Waals surface area contributed by atoms with Crippen molar-refractivity contribution in [2.45, 2.75) is 13.2 Å². The molecular formula is C17H15N3O2S. The summed E-state index contributed by atoms with van der Waals surface area (Å²) in [5.41, 5.74) is 3.43. The van der Waals surface area contributed by atoms with Gasteiger partial charge in [0.05, 0.1) is 17.9 Å². The van der Waals surface area contributed by atoms with E-state index in [1.165, 1.54) is 0 Å². The molecular weight excluding hydrogens is 310 g/mol. The molecule has 5 nitrogen and oxygen atoms in total. The zero-order valence-electron chi connectivity index (χ0n) is 12.3. The van der Waals surface area contributed by atoms with Gasteiger partial charge in [-0.25, -0.2) is 4.79 Å². The number of nitrogens with one attached hydrogen (secondary N) is 1. The van der Waals surface area contributed by atoms with Crippen LogP contribution in [0.3, 0.4) is 0 Å². The summed E-state index contributed by atoms with van der Waals surface area (Å²) in [5, 5.41) is 6.69. The van der Waals surface area contributed by atoms with Gasteiger partial charge in [0.2, 0.25) is 0 Å². The van der Waals surface area contributed by atoms with Crippen molar-refractivity contribution in [3.8, 4) is 11.3 Å². The predicted octanol–water partition coefficient (Wildman–Crippen LogP) is 3.63. The van der Waals surface area contributed by atoms with Crippen molar-refractivity contribution in [1.29, 1.82) is 0 Å². The van der Waals surface area contributed by atoms with Gasteiger partial charge in [0, 0.05) is 23.3 Å². The third kappa shape index (κ3) is 4.14. The van der Waals surface area contributed by atoms with E-state index in [1.807, 2.05) is 47.2 Å². The summed E-state index contributed by atoms with van der Waals surface area (Å²) in [7, 11) is 0. The summed E-state index contributed by atoms with van der Waals surface area (Å²) < 4.78 is 5.18. The second-order valence-electron chi connectivity index (χ2n) is 4.78. The molecule has 0 aliphatic heterocycles. The molecule has 2 heterocycles. The number of ether oxygens (including phenoxy) is 1. The number of carbonyl (C=O) groups excluding carboxylic acids is 1. The highest BCUT2D eigenvalue weighted by atomic mass is 32.1. The number of nitrogens with zero attached hydrogens (tertiary/aromatic N) is 2.